The lowest BCUT2D eigenvalue weighted by molar-refractivity contribution is -0.113. The molecule has 1 amide bonds. The SMILES string of the molecule is CCCN1C(SCC(=O)Nc2ccc(C)cc2C)=NS(=O)(=O)c2ccccc21. The number of nitrogens with one attached hydrogen (secondary N) is 1. The number of fused-ring (bicyclic) bond motifs is 1. The summed E-state index contributed by atoms with van der Waals surface area (Å²) < 4.78 is 29.0. The average Bonchev–Trinajstić information content (AvgIpc) is 2.65. The van der Waals surface area contributed by atoms with Crippen LogP contribution in [0.25, 0.3) is 0 Å². The fraction of sp³-hybridized carbons (Fsp3) is 0.300. The van der Waals surface area contributed by atoms with E-state index in [2.05, 4.69) is 9.71 Å². The van der Waals surface area contributed by atoms with Crippen molar-refractivity contribution in [3.63, 3.8) is 0 Å². The van der Waals surface area contributed by atoms with Gasteiger partial charge in [0.15, 0.2) is 5.17 Å². The van der Waals surface area contributed by atoms with E-state index in [1.54, 1.807) is 24.3 Å². The molecule has 1 aliphatic rings. The van der Waals surface area contributed by atoms with Crippen LogP contribution < -0.4 is 10.2 Å². The fourth-order valence-electron chi connectivity index (χ4n) is 3.02. The van der Waals surface area contributed by atoms with Crippen molar-refractivity contribution in [1.82, 2.24) is 0 Å². The molecule has 0 spiro atoms. The fourth-order valence-corrected chi connectivity index (χ4v) is 5.30. The number of amidine groups is 1. The van der Waals surface area contributed by atoms with E-state index in [9.17, 15) is 13.2 Å². The zero-order valence-corrected chi connectivity index (χ0v) is 17.7. The molecule has 0 aliphatic carbocycles. The number of thioether (sulfide) groups is 1. The van der Waals surface area contributed by atoms with Gasteiger partial charge in [-0.2, -0.15) is 8.42 Å². The number of nitrogens with zero attached hydrogens (tertiary/aromatic N) is 2. The minimum Gasteiger partial charge on any atom is -0.325 e. The highest BCUT2D eigenvalue weighted by atomic mass is 32.2. The molecule has 0 saturated carbocycles. The molecule has 0 fully saturated rings. The maximum Gasteiger partial charge on any atom is 0.286 e. The van der Waals surface area contributed by atoms with Crippen LogP contribution in [0, 0.1) is 13.8 Å². The van der Waals surface area contributed by atoms with Crippen molar-refractivity contribution in [3.8, 4) is 0 Å². The van der Waals surface area contributed by atoms with Gasteiger partial charge in [-0.1, -0.05) is 48.5 Å². The maximum absolute atomic E-state index is 12.5. The van der Waals surface area contributed by atoms with E-state index in [4.69, 9.17) is 0 Å². The molecule has 1 N–H and O–H groups in total. The van der Waals surface area contributed by atoms with Crippen molar-refractivity contribution in [2.24, 2.45) is 4.40 Å². The largest absolute Gasteiger partial charge is 0.325 e. The molecule has 0 saturated heterocycles. The van der Waals surface area contributed by atoms with Gasteiger partial charge in [0.2, 0.25) is 5.91 Å². The first-order chi connectivity index (χ1) is 13.3. The van der Waals surface area contributed by atoms with Crippen LogP contribution in [0.15, 0.2) is 51.8 Å². The summed E-state index contributed by atoms with van der Waals surface area (Å²) in [6.07, 6.45) is 0.822. The second-order valence-electron chi connectivity index (χ2n) is 6.62. The van der Waals surface area contributed by atoms with E-state index in [0.717, 1.165) is 35.0 Å². The topological polar surface area (TPSA) is 78.8 Å². The smallest absolute Gasteiger partial charge is 0.286 e. The number of aryl methyl sites for hydroxylation is 2. The molecule has 148 valence electrons. The van der Waals surface area contributed by atoms with Crippen molar-refractivity contribution in [1.29, 1.82) is 0 Å². The molecular formula is C20H23N3O3S2. The Kier molecular flexibility index (Phi) is 6.10. The van der Waals surface area contributed by atoms with Gasteiger partial charge in [0.25, 0.3) is 10.0 Å². The average molecular weight is 418 g/mol. The summed E-state index contributed by atoms with van der Waals surface area (Å²) >= 11 is 1.13. The lowest BCUT2D eigenvalue weighted by Crippen LogP contribution is -2.35. The number of carbonyl (C=O) groups excluding carboxylic acids is 1. The van der Waals surface area contributed by atoms with Gasteiger partial charge in [-0.25, -0.2) is 0 Å². The molecular weight excluding hydrogens is 394 g/mol. The van der Waals surface area contributed by atoms with E-state index < -0.39 is 10.0 Å². The van der Waals surface area contributed by atoms with Gasteiger partial charge in [-0.05, 0) is 44.0 Å². The van der Waals surface area contributed by atoms with Crippen LogP contribution in [0.3, 0.4) is 0 Å². The van der Waals surface area contributed by atoms with Crippen LogP contribution in [0.4, 0.5) is 11.4 Å². The standard InChI is InChI=1S/C20H23N3O3S2/c1-4-11-23-17-7-5-6-8-18(17)28(25,26)22-20(23)27-13-19(24)21-16-10-9-14(2)12-15(16)3/h5-10,12H,4,11,13H2,1-3H3,(H,21,24). The van der Waals surface area contributed by atoms with E-state index in [1.165, 1.54) is 0 Å². The first-order valence-corrected chi connectivity index (χ1v) is 11.5. The molecule has 0 aromatic heterocycles. The van der Waals surface area contributed by atoms with Gasteiger partial charge >= 0.3 is 0 Å². The number of benzene rings is 2. The Hall–Kier alpha value is -2.32. The van der Waals surface area contributed by atoms with Crippen LogP contribution in [0.2, 0.25) is 0 Å². The Bertz CT molecular complexity index is 1030. The summed E-state index contributed by atoms with van der Waals surface area (Å²) in [4.78, 5) is 14.5. The predicted molar refractivity (Wildman–Crippen MR) is 116 cm³/mol. The summed E-state index contributed by atoms with van der Waals surface area (Å²) in [7, 11) is -3.77. The minimum atomic E-state index is -3.77. The Morgan fingerprint density at radius 3 is 2.64 bits per heavy atom. The second-order valence-corrected chi connectivity index (χ2v) is 9.14. The summed E-state index contributed by atoms with van der Waals surface area (Å²) in [5.74, 6) is -0.128. The summed E-state index contributed by atoms with van der Waals surface area (Å²) in [6, 6.07) is 12.6. The molecule has 8 heteroatoms. The molecule has 0 bridgehead atoms. The van der Waals surface area contributed by atoms with Gasteiger partial charge in [-0.15, -0.1) is 4.40 Å². The van der Waals surface area contributed by atoms with E-state index in [-0.39, 0.29) is 16.6 Å². The quantitative estimate of drug-likeness (QED) is 0.797. The minimum absolute atomic E-state index is 0.0735. The lowest BCUT2D eigenvalue weighted by atomic mass is 10.1. The highest BCUT2D eigenvalue weighted by Gasteiger charge is 2.30. The molecule has 1 heterocycles. The van der Waals surface area contributed by atoms with Crippen LogP contribution in [0.5, 0.6) is 0 Å². The van der Waals surface area contributed by atoms with Gasteiger partial charge in [0.05, 0.1) is 11.4 Å². The number of anilines is 2. The zero-order valence-electron chi connectivity index (χ0n) is 16.1. The normalized spacial score (nSPS) is 15.0. The number of para-hydroxylation sites is 1. The first-order valence-electron chi connectivity index (χ1n) is 9.03. The van der Waals surface area contributed by atoms with Crippen LogP contribution >= 0.6 is 11.8 Å². The molecule has 2 aromatic carbocycles. The number of carbonyl (C=O) groups is 1. The summed E-state index contributed by atoms with van der Waals surface area (Å²) in [5.41, 5.74) is 3.47. The van der Waals surface area contributed by atoms with Crippen molar-refractivity contribution in [2.75, 3.05) is 22.5 Å². The Balaban J connectivity index is 1.77. The summed E-state index contributed by atoms with van der Waals surface area (Å²) in [6.45, 7) is 6.57. The maximum atomic E-state index is 12.5. The third kappa shape index (κ3) is 4.39. The molecule has 1 aliphatic heterocycles. The van der Waals surface area contributed by atoms with E-state index >= 15 is 0 Å². The molecule has 3 rings (SSSR count). The van der Waals surface area contributed by atoms with Crippen molar-refractivity contribution >= 4 is 44.2 Å². The van der Waals surface area contributed by atoms with Gasteiger partial charge in [0, 0.05) is 12.2 Å². The molecule has 28 heavy (non-hydrogen) atoms. The lowest BCUT2D eigenvalue weighted by Gasteiger charge is -2.29. The highest BCUT2D eigenvalue weighted by Crippen LogP contribution is 2.34. The number of amides is 1. The van der Waals surface area contributed by atoms with E-state index in [1.807, 2.05) is 43.9 Å². The highest BCUT2D eigenvalue weighted by molar-refractivity contribution is 8.15. The number of sulfonamides is 1. The number of rotatable bonds is 5. The van der Waals surface area contributed by atoms with Crippen LogP contribution in [-0.4, -0.2) is 31.8 Å². The zero-order chi connectivity index (χ0) is 20.3. The molecule has 2 aromatic rings. The Morgan fingerprint density at radius 2 is 1.93 bits per heavy atom. The number of hydrogen-bond donors (Lipinski definition) is 1. The summed E-state index contributed by atoms with van der Waals surface area (Å²) in [5, 5.41) is 3.21. The van der Waals surface area contributed by atoms with E-state index in [0.29, 0.717) is 17.4 Å². The molecule has 6 nitrogen and oxygen atoms in total. The third-order valence-electron chi connectivity index (χ3n) is 4.30. The first kappa shape index (κ1) is 20.4. The Labute approximate surface area is 170 Å². The number of hydrogen-bond acceptors (Lipinski definition) is 5. The second kappa shape index (κ2) is 8.36. The predicted octanol–water partition coefficient (Wildman–Crippen LogP) is 3.95. The van der Waals surface area contributed by atoms with Crippen molar-refractivity contribution in [2.45, 2.75) is 32.1 Å². The van der Waals surface area contributed by atoms with Crippen molar-refractivity contribution in [3.05, 3.63) is 53.6 Å². The third-order valence-corrected chi connectivity index (χ3v) is 6.71. The monoisotopic (exact) mass is 417 g/mol. The van der Waals surface area contributed by atoms with Crippen molar-refractivity contribution < 1.29 is 13.2 Å². The van der Waals surface area contributed by atoms with Gasteiger partial charge in [0.1, 0.15) is 4.90 Å². The van der Waals surface area contributed by atoms with Gasteiger partial charge in [-0.3, -0.25) is 4.79 Å². The van der Waals surface area contributed by atoms with Gasteiger partial charge < -0.3 is 10.2 Å². The molecule has 0 unspecified atom stereocenters. The van der Waals surface area contributed by atoms with Crippen LogP contribution in [-0.2, 0) is 14.8 Å². The Morgan fingerprint density at radius 1 is 1.18 bits per heavy atom. The molecule has 0 radical (unpaired) electrons. The molecule has 0 atom stereocenters. The van der Waals surface area contributed by atoms with Crippen LogP contribution in [0.1, 0.15) is 24.5 Å².